The molecular weight excluding hydrogens is 433 g/mol. The number of thiophene rings is 1. The number of hydrogen-bond acceptors (Lipinski definition) is 3. The van der Waals surface area contributed by atoms with Crippen LogP contribution >= 0.6 is 33.9 Å². The van der Waals surface area contributed by atoms with Crippen LogP contribution in [0.15, 0.2) is 52.9 Å². The third-order valence-electron chi connectivity index (χ3n) is 3.68. The average Bonchev–Trinajstić information content (AvgIpc) is 3.18. The summed E-state index contributed by atoms with van der Waals surface area (Å²) in [5.74, 6) is -0.187. The number of nitrogens with zero attached hydrogens (tertiary/aromatic N) is 2. The summed E-state index contributed by atoms with van der Waals surface area (Å²) in [6, 6.07) is 13.9. The smallest absolute Gasteiger partial charge is 0.281 e. The van der Waals surface area contributed by atoms with Crippen LogP contribution in [0.1, 0.15) is 26.6 Å². The average molecular weight is 449 g/mol. The monoisotopic (exact) mass is 449 g/mol. The quantitative estimate of drug-likeness (QED) is 0.355. The van der Waals surface area contributed by atoms with E-state index in [0.717, 1.165) is 22.6 Å². The van der Waals surface area contributed by atoms with E-state index < -0.39 is 0 Å². The van der Waals surface area contributed by atoms with Crippen molar-refractivity contribution in [2.75, 3.05) is 0 Å². The van der Waals surface area contributed by atoms with Crippen LogP contribution in [0.5, 0.6) is 0 Å². The van der Waals surface area contributed by atoms with Gasteiger partial charge >= 0.3 is 0 Å². The lowest BCUT2D eigenvalue weighted by molar-refractivity contribution is 0.0959. The molecule has 0 saturated heterocycles. The number of benzene rings is 1. The molecule has 24 heavy (non-hydrogen) atoms. The van der Waals surface area contributed by atoms with Gasteiger partial charge in [-0.1, -0.05) is 18.2 Å². The van der Waals surface area contributed by atoms with Gasteiger partial charge in [-0.15, -0.1) is 11.3 Å². The Hall–Kier alpha value is -1.93. The number of nitrogens with one attached hydrogen (secondary N) is 1. The first kappa shape index (κ1) is 16.9. The molecule has 0 spiro atoms. The molecule has 0 unspecified atom stereocenters. The minimum absolute atomic E-state index is 0.187. The maximum Gasteiger partial charge on any atom is 0.281 e. The van der Waals surface area contributed by atoms with Gasteiger partial charge in [0, 0.05) is 20.5 Å². The Labute approximate surface area is 158 Å². The Morgan fingerprint density at radius 3 is 2.75 bits per heavy atom. The van der Waals surface area contributed by atoms with E-state index in [1.165, 1.54) is 14.9 Å². The first-order chi connectivity index (χ1) is 11.6. The van der Waals surface area contributed by atoms with Crippen molar-refractivity contribution >= 4 is 46.0 Å². The van der Waals surface area contributed by atoms with Crippen molar-refractivity contribution in [3.8, 4) is 5.69 Å². The molecule has 2 aromatic heterocycles. The van der Waals surface area contributed by atoms with Crippen molar-refractivity contribution in [2.24, 2.45) is 5.10 Å². The van der Waals surface area contributed by atoms with Crippen LogP contribution in [0.3, 0.4) is 0 Å². The second kappa shape index (κ2) is 7.31. The number of hydrazone groups is 1. The summed E-state index contributed by atoms with van der Waals surface area (Å²) in [7, 11) is 0. The molecule has 0 bridgehead atoms. The molecule has 1 amide bonds. The molecule has 0 saturated carbocycles. The molecule has 0 fully saturated rings. The lowest BCUT2D eigenvalue weighted by atomic mass is 10.2. The van der Waals surface area contributed by atoms with Gasteiger partial charge in [0.25, 0.3) is 5.91 Å². The van der Waals surface area contributed by atoms with Gasteiger partial charge in [-0.2, -0.15) is 5.10 Å². The predicted octanol–water partition coefficient (Wildman–Crippen LogP) is 4.52. The summed E-state index contributed by atoms with van der Waals surface area (Å²) in [6.07, 6.45) is 1.69. The molecular formula is C18H16IN3OS. The van der Waals surface area contributed by atoms with Gasteiger partial charge in [-0.05, 0) is 66.1 Å². The first-order valence-electron chi connectivity index (χ1n) is 7.38. The molecule has 0 aliphatic carbocycles. The SMILES string of the molecule is Cc1cc(/C=N\NC(=O)c2cccs2)c(C)n1-c1ccccc1I. The molecule has 0 radical (unpaired) electrons. The summed E-state index contributed by atoms with van der Waals surface area (Å²) in [6.45, 7) is 4.12. The highest BCUT2D eigenvalue weighted by atomic mass is 127. The van der Waals surface area contributed by atoms with Crippen LogP contribution < -0.4 is 5.43 Å². The number of halogens is 1. The zero-order valence-electron chi connectivity index (χ0n) is 13.3. The molecule has 1 aromatic carbocycles. The van der Waals surface area contributed by atoms with E-state index in [2.05, 4.69) is 69.7 Å². The molecule has 0 aliphatic heterocycles. The Kier molecular flexibility index (Phi) is 5.15. The van der Waals surface area contributed by atoms with Crippen LogP contribution in [0.2, 0.25) is 0 Å². The lowest BCUT2D eigenvalue weighted by Gasteiger charge is -2.11. The number of amides is 1. The van der Waals surface area contributed by atoms with Gasteiger partial charge in [0.05, 0.1) is 16.8 Å². The topological polar surface area (TPSA) is 46.4 Å². The van der Waals surface area contributed by atoms with Crippen molar-refractivity contribution < 1.29 is 4.79 Å². The zero-order valence-corrected chi connectivity index (χ0v) is 16.3. The molecule has 6 heteroatoms. The van der Waals surface area contributed by atoms with E-state index in [9.17, 15) is 4.79 Å². The lowest BCUT2D eigenvalue weighted by Crippen LogP contribution is -2.16. The standard InChI is InChI=1S/C18H16IN3OS/c1-12-10-14(11-20-21-18(23)17-8-5-9-24-17)13(2)22(12)16-7-4-3-6-15(16)19/h3-11H,1-2H3,(H,21,23)/b20-11-. The Morgan fingerprint density at radius 2 is 2.04 bits per heavy atom. The summed E-state index contributed by atoms with van der Waals surface area (Å²) in [5.41, 5.74) is 6.92. The fourth-order valence-electron chi connectivity index (χ4n) is 2.55. The van der Waals surface area contributed by atoms with Crippen molar-refractivity contribution in [1.82, 2.24) is 9.99 Å². The van der Waals surface area contributed by atoms with Crippen molar-refractivity contribution in [3.63, 3.8) is 0 Å². The van der Waals surface area contributed by atoms with E-state index in [1.807, 2.05) is 23.6 Å². The maximum absolute atomic E-state index is 11.9. The van der Waals surface area contributed by atoms with Crippen LogP contribution in [-0.2, 0) is 0 Å². The molecule has 122 valence electrons. The highest BCUT2D eigenvalue weighted by Crippen LogP contribution is 2.23. The van der Waals surface area contributed by atoms with Gasteiger partial charge in [0.2, 0.25) is 0 Å². The van der Waals surface area contributed by atoms with Crippen molar-refractivity contribution in [1.29, 1.82) is 0 Å². The number of aromatic nitrogens is 1. The Morgan fingerprint density at radius 1 is 1.25 bits per heavy atom. The van der Waals surface area contributed by atoms with Gasteiger partial charge in [0.15, 0.2) is 0 Å². The fraction of sp³-hybridized carbons (Fsp3) is 0.111. The fourth-order valence-corrected chi connectivity index (χ4v) is 3.79. The molecule has 3 aromatic rings. The van der Waals surface area contributed by atoms with E-state index >= 15 is 0 Å². The van der Waals surface area contributed by atoms with Gasteiger partial charge in [-0.3, -0.25) is 4.79 Å². The number of aryl methyl sites for hydroxylation is 1. The number of para-hydroxylation sites is 1. The molecule has 3 rings (SSSR count). The number of carbonyl (C=O) groups excluding carboxylic acids is 1. The molecule has 2 heterocycles. The highest BCUT2D eigenvalue weighted by Gasteiger charge is 2.11. The van der Waals surface area contributed by atoms with Crippen LogP contribution in [0.25, 0.3) is 5.69 Å². The van der Waals surface area contributed by atoms with Crippen LogP contribution in [-0.4, -0.2) is 16.7 Å². The van der Waals surface area contributed by atoms with E-state index in [0.29, 0.717) is 4.88 Å². The van der Waals surface area contributed by atoms with Crippen LogP contribution in [0, 0.1) is 17.4 Å². The summed E-state index contributed by atoms with van der Waals surface area (Å²) in [5, 5.41) is 5.96. The largest absolute Gasteiger partial charge is 0.317 e. The molecule has 1 N–H and O–H groups in total. The van der Waals surface area contributed by atoms with Crippen LogP contribution in [0.4, 0.5) is 0 Å². The zero-order chi connectivity index (χ0) is 17.1. The molecule has 0 atom stereocenters. The predicted molar refractivity (Wildman–Crippen MR) is 107 cm³/mol. The summed E-state index contributed by atoms with van der Waals surface area (Å²) < 4.78 is 3.39. The third-order valence-corrected chi connectivity index (χ3v) is 5.46. The van der Waals surface area contributed by atoms with E-state index in [-0.39, 0.29) is 5.91 Å². The maximum atomic E-state index is 11.9. The second-order valence-corrected chi connectivity index (χ2v) is 7.40. The first-order valence-corrected chi connectivity index (χ1v) is 9.34. The van der Waals surface area contributed by atoms with E-state index in [1.54, 1.807) is 12.3 Å². The van der Waals surface area contributed by atoms with Gasteiger partial charge in [0.1, 0.15) is 0 Å². The third kappa shape index (κ3) is 3.44. The molecule has 0 aliphatic rings. The highest BCUT2D eigenvalue weighted by molar-refractivity contribution is 14.1. The normalized spacial score (nSPS) is 11.1. The van der Waals surface area contributed by atoms with Gasteiger partial charge < -0.3 is 4.57 Å². The van der Waals surface area contributed by atoms with Crippen molar-refractivity contribution in [3.05, 3.63) is 73.2 Å². The Bertz CT molecular complexity index is 897. The number of rotatable bonds is 4. The van der Waals surface area contributed by atoms with Gasteiger partial charge in [-0.25, -0.2) is 5.43 Å². The second-order valence-electron chi connectivity index (χ2n) is 5.29. The number of hydrogen-bond donors (Lipinski definition) is 1. The Balaban J connectivity index is 1.83. The van der Waals surface area contributed by atoms with Crippen molar-refractivity contribution in [2.45, 2.75) is 13.8 Å². The summed E-state index contributed by atoms with van der Waals surface area (Å²) >= 11 is 3.73. The minimum Gasteiger partial charge on any atom is -0.317 e. The molecule has 4 nitrogen and oxygen atoms in total. The number of carbonyl (C=O) groups is 1. The van der Waals surface area contributed by atoms with E-state index in [4.69, 9.17) is 0 Å². The minimum atomic E-state index is -0.187. The summed E-state index contributed by atoms with van der Waals surface area (Å²) in [4.78, 5) is 12.5.